The van der Waals surface area contributed by atoms with Gasteiger partial charge in [-0.15, -0.1) is 12.4 Å². The number of benzene rings is 1. The molecule has 0 aromatic heterocycles. The van der Waals surface area contributed by atoms with Crippen LogP contribution in [-0.2, 0) is 11.2 Å². The fourth-order valence-corrected chi connectivity index (χ4v) is 2.57. The molecule has 0 heterocycles. The average Bonchev–Trinajstić information content (AvgIpc) is 2.31. The van der Waals surface area contributed by atoms with Gasteiger partial charge in [-0.1, -0.05) is 36.8 Å². The first kappa shape index (κ1) is 17.0. The first-order valence-corrected chi connectivity index (χ1v) is 7.02. The summed E-state index contributed by atoms with van der Waals surface area (Å²) in [5.74, 6) is 0.168. The van der Waals surface area contributed by atoms with Gasteiger partial charge in [-0.3, -0.25) is 4.79 Å². The molecule has 0 spiro atoms. The molecule has 3 nitrogen and oxygen atoms in total. The van der Waals surface area contributed by atoms with Gasteiger partial charge in [0.25, 0.3) is 0 Å². The Hall–Kier alpha value is -1.06. The number of nitrogens with two attached hydrogens (primary N) is 1. The minimum Gasteiger partial charge on any atom is -0.354 e. The van der Waals surface area contributed by atoms with Crippen molar-refractivity contribution in [3.05, 3.63) is 35.9 Å². The average molecular weight is 297 g/mol. The van der Waals surface area contributed by atoms with Crippen molar-refractivity contribution in [1.29, 1.82) is 0 Å². The SMILES string of the molecule is CC(C)(N)CNC(=O)C1(Cc2ccccc2)CCC1.Cl. The monoisotopic (exact) mass is 296 g/mol. The third kappa shape index (κ3) is 4.22. The highest BCUT2D eigenvalue weighted by atomic mass is 35.5. The Kier molecular flexibility index (Phi) is 5.60. The number of carbonyl (C=O) groups is 1. The number of hydrogen-bond acceptors (Lipinski definition) is 2. The van der Waals surface area contributed by atoms with Crippen LogP contribution in [0, 0.1) is 5.41 Å². The second-order valence-corrected chi connectivity index (χ2v) is 6.47. The number of halogens is 1. The van der Waals surface area contributed by atoms with Gasteiger partial charge >= 0.3 is 0 Å². The maximum absolute atomic E-state index is 12.4. The van der Waals surface area contributed by atoms with E-state index in [9.17, 15) is 4.79 Å². The molecule has 0 bridgehead atoms. The molecular formula is C16H25ClN2O. The van der Waals surface area contributed by atoms with Crippen molar-refractivity contribution in [2.45, 2.75) is 45.1 Å². The van der Waals surface area contributed by atoms with E-state index in [0.717, 1.165) is 25.7 Å². The third-order valence-corrected chi connectivity index (χ3v) is 3.88. The topological polar surface area (TPSA) is 55.1 Å². The van der Waals surface area contributed by atoms with Crippen LogP contribution in [0.15, 0.2) is 30.3 Å². The molecule has 0 saturated heterocycles. The van der Waals surface area contributed by atoms with Crippen molar-refractivity contribution in [3.8, 4) is 0 Å². The maximum atomic E-state index is 12.4. The molecule has 112 valence electrons. The lowest BCUT2D eigenvalue weighted by atomic mass is 9.64. The standard InChI is InChI=1S/C16H24N2O.ClH/c1-15(2,17)12-18-14(19)16(9-6-10-16)11-13-7-4-3-5-8-13;/h3-5,7-8H,6,9-12,17H2,1-2H3,(H,18,19);1H. The predicted octanol–water partition coefficient (Wildman–Crippen LogP) is 2.67. The first-order valence-electron chi connectivity index (χ1n) is 7.02. The van der Waals surface area contributed by atoms with Gasteiger partial charge in [-0.05, 0) is 38.7 Å². The van der Waals surface area contributed by atoms with Crippen LogP contribution >= 0.6 is 12.4 Å². The zero-order chi connectivity index (χ0) is 13.9. The molecule has 0 aliphatic heterocycles. The van der Waals surface area contributed by atoms with E-state index >= 15 is 0 Å². The minimum atomic E-state index is -0.354. The van der Waals surface area contributed by atoms with Crippen LogP contribution in [0.5, 0.6) is 0 Å². The van der Waals surface area contributed by atoms with Crippen molar-refractivity contribution in [3.63, 3.8) is 0 Å². The lowest BCUT2D eigenvalue weighted by Gasteiger charge is -2.41. The normalized spacial score (nSPS) is 16.8. The summed E-state index contributed by atoms with van der Waals surface area (Å²) in [6.07, 6.45) is 3.95. The third-order valence-electron chi connectivity index (χ3n) is 3.88. The van der Waals surface area contributed by atoms with Crippen LogP contribution in [0.4, 0.5) is 0 Å². The lowest BCUT2D eigenvalue weighted by molar-refractivity contribution is -0.136. The van der Waals surface area contributed by atoms with Gasteiger partial charge in [-0.25, -0.2) is 0 Å². The van der Waals surface area contributed by atoms with E-state index in [4.69, 9.17) is 5.73 Å². The molecule has 20 heavy (non-hydrogen) atoms. The zero-order valence-electron chi connectivity index (χ0n) is 12.3. The number of hydrogen-bond donors (Lipinski definition) is 2. The van der Waals surface area contributed by atoms with Gasteiger partial charge < -0.3 is 11.1 Å². The first-order chi connectivity index (χ1) is 8.91. The van der Waals surface area contributed by atoms with Crippen molar-refractivity contribution in [2.24, 2.45) is 11.1 Å². The Labute approximate surface area is 127 Å². The highest BCUT2D eigenvalue weighted by molar-refractivity contribution is 5.85. The van der Waals surface area contributed by atoms with Crippen LogP contribution in [0.3, 0.4) is 0 Å². The molecule has 1 saturated carbocycles. The molecule has 3 N–H and O–H groups in total. The van der Waals surface area contributed by atoms with E-state index < -0.39 is 0 Å². The number of amides is 1. The Balaban J connectivity index is 0.00000200. The Bertz CT molecular complexity index is 436. The lowest BCUT2D eigenvalue weighted by Crippen LogP contribution is -2.52. The molecule has 0 unspecified atom stereocenters. The molecular weight excluding hydrogens is 272 g/mol. The smallest absolute Gasteiger partial charge is 0.226 e. The maximum Gasteiger partial charge on any atom is 0.226 e. The fourth-order valence-electron chi connectivity index (χ4n) is 2.57. The van der Waals surface area contributed by atoms with Gasteiger partial charge in [0.1, 0.15) is 0 Å². The molecule has 1 aromatic carbocycles. The minimum absolute atomic E-state index is 0. The molecule has 2 rings (SSSR count). The number of rotatable bonds is 5. The molecule has 1 aromatic rings. The largest absolute Gasteiger partial charge is 0.354 e. The Morgan fingerprint density at radius 3 is 2.35 bits per heavy atom. The van der Waals surface area contributed by atoms with Crippen molar-refractivity contribution in [2.75, 3.05) is 6.54 Å². The highest BCUT2D eigenvalue weighted by Crippen LogP contribution is 2.43. The van der Waals surface area contributed by atoms with E-state index in [0.29, 0.717) is 6.54 Å². The Morgan fingerprint density at radius 1 is 1.30 bits per heavy atom. The van der Waals surface area contributed by atoms with E-state index in [-0.39, 0.29) is 29.3 Å². The van der Waals surface area contributed by atoms with E-state index in [2.05, 4.69) is 17.4 Å². The van der Waals surface area contributed by atoms with Crippen molar-refractivity contribution in [1.82, 2.24) is 5.32 Å². The van der Waals surface area contributed by atoms with E-state index in [1.165, 1.54) is 5.56 Å². The van der Waals surface area contributed by atoms with Gasteiger partial charge in [0.2, 0.25) is 5.91 Å². The van der Waals surface area contributed by atoms with Gasteiger partial charge in [0, 0.05) is 12.1 Å². The predicted molar refractivity (Wildman–Crippen MR) is 85.0 cm³/mol. The summed E-state index contributed by atoms with van der Waals surface area (Å²) in [6.45, 7) is 4.39. The summed E-state index contributed by atoms with van der Waals surface area (Å²) in [5.41, 5.74) is 6.61. The van der Waals surface area contributed by atoms with Gasteiger partial charge in [-0.2, -0.15) is 0 Å². The molecule has 1 amide bonds. The quantitative estimate of drug-likeness (QED) is 0.878. The summed E-state index contributed by atoms with van der Waals surface area (Å²) in [4.78, 5) is 12.4. The summed E-state index contributed by atoms with van der Waals surface area (Å²) in [6, 6.07) is 10.3. The molecule has 1 fully saturated rings. The van der Waals surface area contributed by atoms with Crippen LogP contribution in [0.1, 0.15) is 38.7 Å². The highest BCUT2D eigenvalue weighted by Gasteiger charge is 2.44. The van der Waals surface area contributed by atoms with Crippen LogP contribution in [0.25, 0.3) is 0 Å². The summed E-state index contributed by atoms with van der Waals surface area (Å²) >= 11 is 0. The van der Waals surface area contributed by atoms with Gasteiger partial charge in [0.15, 0.2) is 0 Å². The Morgan fingerprint density at radius 2 is 1.90 bits per heavy atom. The zero-order valence-corrected chi connectivity index (χ0v) is 13.1. The summed E-state index contributed by atoms with van der Waals surface area (Å²) < 4.78 is 0. The molecule has 4 heteroatoms. The van der Waals surface area contributed by atoms with Gasteiger partial charge in [0.05, 0.1) is 5.41 Å². The summed E-state index contributed by atoms with van der Waals surface area (Å²) in [7, 11) is 0. The molecule has 0 radical (unpaired) electrons. The number of nitrogens with one attached hydrogen (secondary N) is 1. The second kappa shape index (κ2) is 6.59. The molecule has 1 aliphatic rings. The van der Waals surface area contributed by atoms with Crippen LogP contribution in [-0.4, -0.2) is 18.0 Å². The van der Waals surface area contributed by atoms with Crippen LogP contribution in [0.2, 0.25) is 0 Å². The van der Waals surface area contributed by atoms with Crippen molar-refractivity contribution >= 4 is 18.3 Å². The van der Waals surface area contributed by atoms with E-state index in [1.807, 2.05) is 32.0 Å². The van der Waals surface area contributed by atoms with Crippen molar-refractivity contribution < 1.29 is 4.79 Å². The fraction of sp³-hybridized carbons (Fsp3) is 0.562. The van der Waals surface area contributed by atoms with Crippen LogP contribution < -0.4 is 11.1 Å². The molecule has 1 aliphatic carbocycles. The van der Waals surface area contributed by atoms with E-state index in [1.54, 1.807) is 0 Å². The molecule has 0 atom stereocenters. The second-order valence-electron chi connectivity index (χ2n) is 6.47. The summed E-state index contributed by atoms with van der Waals surface area (Å²) in [5, 5.41) is 3.02. The number of carbonyl (C=O) groups excluding carboxylic acids is 1.